The second-order valence-corrected chi connectivity index (χ2v) is 5.68. The number of carbonyl (C=O) groups is 1. The smallest absolute Gasteiger partial charge is 0.248 e. The maximum atomic E-state index is 13.8. The SMILES string of the molecule is CCC1CCC(NCc2ccc(C(N)=O)cc2F)CC1. The number of rotatable bonds is 5. The van der Waals surface area contributed by atoms with Crippen molar-refractivity contribution in [1.82, 2.24) is 5.32 Å². The van der Waals surface area contributed by atoms with Crippen LogP contribution in [0.15, 0.2) is 18.2 Å². The summed E-state index contributed by atoms with van der Waals surface area (Å²) in [7, 11) is 0. The third-order valence-corrected chi connectivity index (χ3v) is 4.34. The minimum Gasteiger partial charge on any atom is -0.366 e. The highest BCUT2D eigenvalue weighted by atomic mass is 19.1. The Morgan fingerprint density at radius 1 is 1.35 bits per heavy atom. The third kappa shape index (κ3) is 3.79. The maximum Gasteiger partial charge on any atom is 0.248 e. The van der Waals surface area contributed by atoms with E-state index in [1.165, 1.54) is 38.2 Å². The maximum absolute atomic E-state index is 13.8. The first-order chi connectivity index (χ1) is 9.60. The van der Waals surface area contributed by atoms with Crippen molar-refractivity contribution in [3.05, 3.63) is 35.1 Å². The topological polar surface area (TPSA) is 55.1 Å². The van der Waals surface area contributed by atoms with Gasteiger partial charge >= 0.3 is 0 Å². The van der Waals surface area contributed by atoms with Crippen molar-refractivity contribution in [2.75, 3.05) is 0 Å². The van der Waals surface area contributed by atoms with Gasteiger partial charge in [0.2, 0.25) is 5.91 Å². The number of hydrogen-bond acceptors (Lipinski definition) is 2. The molecular weight excluding hydrogens is 255 g/mol. The summed E-state index contributed by atoms with van der Waals surface area (Å²) in [5, 5.41) is 3.42. The molecule has 2 rings (SSSR count). The molecule has 20 heavy (non-hydrogen) atoms. The number of carbonyl (C=O) groups excluding carboxylic acids is 1. The van der Waals surface area contributed by atoms with Gasteiger partial charge in [0.1, 0.15) is 5.82 Å². The molecule has 1 aromatic rings. The van der Waals surface area contributed by atoms with Crippen LogP contribution >= 0.6 is 0 Å². The summed E-state index contributed by atoms with van der Waals surface area (Å²) in [5.74, 6) is -0.100. The molecule has 0 aromatic heterocycles. The Morgan fingerprint density at radius 2 is 2.05 bits per heavy atom. The van der Waals surface area contributed by atoms with E-state index < -0.39 is 5.91 Å². The molecule has 1 amide bonds. The van der Waals surface area contributed by atoms with Gasteiger partial charge in [-0.15, -0.1) is 0 Å². The van der Waals surface area contributed by atoms with Gasteiger partial charge in [0, 0.05) is 23.7 Å². The summed E-state index contributed by atoms with van der Waals surface area (Å²) in [4.78, 5) is 11.0. The lowest BCUT2D eigenvalue weighted by Crippen LogP contribution is -2.32. The summed E-state index contributed by atoms with van der Waals surface area (Å²) in [6, 6.07) is 4.91. The van der Waals surface area contributed by atoms with Gasteiger partial charge in [-0.05, 0) is 43.7 Å². The molecule has 0 heterocycles. The molecule has 1 fully saturated rings. The van der Waals surface area contributed by atoms with Crippen molar-refractivity contribution in [2.24, 2.45) is 11.7 Å². The van der Waals surface area contributed by atoms with Gasteiger partial charge in [-0.2, -0.15) is 0 Å². The van der Waals surface area contributed by atoms with E-state index >= 15 is 0 Å². The number of primary amides is 1. The van der Waals surface area contributed by atoms with E-state index in [0.717, 1.165) is 5.92 Å². The number of amides is 1. The van der Waals surface area contributed by atoms with Crippen molar-refractivity contribution < 1.29 is 9.18 Å². The van der Waals surface area contributed by atoms with Crippen LogP contribution in [-0.2, 0) is 6.54 Å². The Morgan fingerprint density at radius 3 is 2.60 bits per heavy atom. The predicted octanol–water partition coefficient (Wildman–Crippen LogP) is 2.98. The summed E-state index contributed by atoms with van der Waals surface area (Å²) in [6.45, 7) is 2.75. The average Bonchev–Trinajstić information content (AvgIpc) is 2.46. The molecule has 3 nitrogen and oxygen atoms in total. The van der Waals surface area contributed by atoms with Crippen LogP contribution in [0.1, 0.15) is 54.9 Å². The van der Waals surface area contributed by atoms with Crippen LogP contribution in [0, 0.1) is 11.7 Å². The molecule has 0 bridgehead atoms. The van der Waals surface area contributed by atoms with Crippen LogP contribution in [0.3, 0.4) is 0 Å². The molecule has 0 saturated heterocycles. The zero-order valence-electron chi connectivity index (χ0n) is 12.0. The van der Waals surface area contributed by atoms with Crippen molar-refractivity contribution in [3.63, 3.8) is 0 Å². The van der Waals surface area contributed by atoms with E-state index in [2.05, 4.69) is 12.2 Å². The molecule has 1 aromatic carbocycles. The molecule has 3 N–H and O–H groups in total. The van der Waals surface area contributed by atoms with E-state index in [0.29, 0.717) is 18.2 Å². The molecule has 0 unspecified atom stereocenters. The summed E-state index contributed by atoms with van der Waals surface area (Å²) >= 11 is 0. The lowest BCUT2D eigenvalue weighted by Gasteiger charge is -2.28. The van der Waals surface area contributed by atoms with Crippen LogP contribution < -0.4 is 11.1 Å². The van der Waals surface area contributed by atoms with Gasteiger partial charge in [0.15, 0.2) is 0 Å². The normalized spacial score (nSPS) is 22.7. The molecule has 0 spiro atoms. The van der Waals surface area contributed by atoms with E-state index in [1.807, 2.05) is 0 Å². The molecule has 0 radical (unpaired) electrons. The van der Waals surface area contributed by atoms with Crippen LogP contribution in [0.2, 0.25) is 0 Å². The van der Waals surface area contributed by atoms with Crippen LogP contribution in [0.25, 0.3) is 0 Å². The molecule has 4 heteroatoms. The molecule has 0 aliphatic heterocycles. The van der Waals surface area contributed by atoms with Crippen molar-refractivity contribution in [1.29, 1.82) is 0 Å². The summed E-state index contributed by atoms with van der Waals surface area (Å²) in [6.07, 6.45) is 6.11. The minimum absolute atomic E-state index is 0.217. The van der Waals surface area contributed by atoms with Gasteiger partial charge in [-0.1, -0.05) is 19.4 Å². The highest BCUT2D eigenvalue weighted by molar-refractivity contribution is 5.92. The highest BCUT2D eigenvalue weighted by Crippen LogP contribution is 2.26. The Kier molecular flexibility index (Phi) is 5.12. The fourth-order valence-electron chi connectivity index (χ4n) is 2.87. The first-order valence-electron chi connectivity index (χ1n) is 7.41. The van der Waals surface area contributed by atoms with Gasteiger partial charge < -0.3 is 11.1 Å². The zero-order chi connectivity index (χ0) is 14.5. The van der Waals surface area contributed by atoms with Crippen molar-refractivity contribution >= 4 is 5.91 Å². The van der Waals surface area contributed by atoms with Gasteiger partial charge in [0.25, 0.3) is 0 Å². The minimum atomic E-state index is -0.596. The van der Waals surface area contributed by atoms with Crippen LogP contribution in [-0.4, -0.2) is 11.9 Å². The van der Waals surface area contributed by atoms with Crippen molar-refractivity contribution in [3.8, 4) is 0 Å². The average molecular weight is 278 g/mol. The fourth-order valence-corrected chi connectivity index (χ4v) is 2.87. The highest BCUT2D eigenvalue weighted by Gasteiger charge is 2.19. The quantitative estimate of drug-likeness (QED) is 0.870. The summed E-state index contributed by atoms with van der Waals surface area (Å²) < 4.78 is 13.8. The fraction of sp³-hybridized carbons (Fsp3) is 0.562. The van der Waals surface area contributed by atoms with Crippen LogP contribution in [0.4, 0.5) is 4.39 Å². The predicted molar refractivity (Wildman–Crippen MR) is 77.8 cm³/mol. The van der Waals surface area contributed by atoms with E-state index in [1.54, 1.807) is 12.1 Å². The lowest BCUT2D eigenvalue weighted by atomic mass is 9.84. The number of nitrogens with two attached hydrogens (primary N) is 1. The Hall–Kier alpha value is -1.42. The molecule has 1 saturated carbocycles. The second kappa shape index (κ2) is 6.84. The van der Waals surface area contributed by atoms with Gasteiger partial charge in [-0.3, -0.25) is 4.79 Å². The molecule has 0 atom stereocenters. The standard InChI is InChI=1S/C16H23FN2O/c1-2-11-3-7-14(8-4-11)19-10-13-6-5-12(16(18)20)9-15(13)17/h5-6,9,11,14,19H,2-4,7-8,10H2,1H3,(H2,18,20). The second-order valence-electron chi connectivity index (χ2n) is 5.68. The van der Waals surface area contributed by atoms with Crippen LogP contribution in [0.5, 0.6) is 0 Å². The number of hydrogen-bond donors (Lipinski definition) is 2. The number of benzene rings is 1. The first-order valence-corrected chi connectivity index (χ1v) is 7.41. The largest absolute Gasteiger partial charge is 0.366 e. The van der Waals surface area contributed by atoms with Gasteiger partial charge in [-0.25, -0.2) is 4.39 Å². The van der Waals surface area contributed by atoms with Crippen molar-refractivity contribution in [2.45, 2.75) is 51.6 Å². The summed E-state index contributed by atoms with van der Waals surface area (Å²) in [5.41, 5.74) is 5.94. The Labute approximate surface area is 119 Å². The van der Waals surface area contributed by atoms with E-state index in [4.69, 9.17) is 5.73 Å². The molecule has 110 valence electrons. The van der Waals surface area contributed by atoms with E-state index in [9.17, 15) is 9.18 Å². The number of nitrogens with one attached hydrogen (secondary N) is 1. The molecule has 1 aliphatic rings. The Bertz CT molecular complexity index is 468. The third-order valence-electron chi connectivity index (χ3n) is 4.34. The van der Waals surface area contributed by atoms with Gasteiger partial charge in [0.05, 0.1) is 0 Å². The zero-order valence-corrected chi connectivity index (χ0v) is 12.0. The molecule has 1 aliphatic carbocycles. The lowest BCUT2D eigenvalue weighted by molar-refractivity contribution is 0.1000. The Balaban J connectivity index is 1.87. The first kappa shape index (κ1) is 15.0. The van der Waals surface area contributed by atoms with E-state index in [-0.39, 0.29) is 11.4 Å². The number of halogens is 1. The molecular formula is C16H23FN2O. The monoisotopic (exact) mass is 278 g/mol.